The summed E-state index contributed by atoms with van der Waals surface area (Å²) in [5.41, 5.74) is -0.464. The monoisotopic (exact) mass is 653 g/mol. The minimum Gasteiger partial charge on any atom is -0.505 e. The van der Waals surface area contributed by atoms with Gasteiger partial charge in [-0.15, -0.1) is 15.0 Å². The number of alkyl halides is 6. The van der Waals surface area contributed by atoms with Gasteiger partial charge in [0.2, 0.25) is 0 Å². The van der Waals surface area contributed by atoms with Crippen molar-refractivity contribution in [2.24, 2.45) is 5.41 Å². The van der Waals surface area contributed by atoms with E-state index in [0.29, 0.717) is 28.9 Å². The summed E-state index contributed by atoms with van der Waals surface area (Å²) < 4.78 is 81.3. The third-order valence-corrected chi connectivity index (χ3v) is 8.53. The molecule has 0 saturated carbocycles. The average Bonchev–Trinajstić information content (AvgIpc) is 3.38. The lowest BCUT2D eigenvalue weighted by Crippen LogP contribution is -2.27. The molecule has 0 aliphatic rings. The van der Waals surface area contributed by atoms with E-state index in [9.17, 15) is 31.4 Å². The Labute approximate surface area is 270 Å². The molecule has 0 bridgehead atoms. The molecule has 0 spiro atoms. The Hall–Kier alpha value is -4.34. The molecule has 4 nitrogen and oxygen atoms in total. The number of aromatic nitrogens is 3. The van der Waals surface area contributed by atoms with Gasteiger partial charge in [-0.25, -0.2) is 0 Å². The molecule has 0 radical (unpaired) electrons. The van der Waals surface area contributed by atoms with E-state index < -0.39 is 28.9 Å². The maximum absolute atomic E-state index is 13.5. The highest BCUT2D eigenvalue weighted by molar-refractivity contribution is 5.82. The molecule has 1 aromatic heterocycles. The Balaban J connectivity index is 1.69. The van der Waals surface area contributed by atoms with E-state index in [-0.39, 0.29) is 39.3 Å². The number of hydrogen-bond acceptors (Lipinski definition) is 3. The molecular formula is C37H37F6N3O. The van der Waals surface area contributed by atoms with Crippen molar-refractivity contribution < 1.29 is 31.4 Å². The number of benzene rings is 4. The van der Waals surface area contributed by atoms with Crippen LogP contribution in [-0.4, -0.2) is 20.1 Å². The SMILES string of the molecule is CC(C)(C)CC(C)(C)c1cc(-n2nc3ccc(-c4cc(C(F)(F)F)cc(C(F)(F)F)c4)cc3n2)c(O)c(C(C)(C)c2ccccc2)c1. The molecule has 0 atom stereocenters. The maximum atomic E-state index is 13.5. The van der Waals surface area contributed by atoms with Crippen molar-refractivity contribution in [3.05, 3.63) is 107 Å². The number of fused-ring (bicyclic) bond motifs is 1. The lowest BCUT2D eigenvalue weighted by Gasteiger charge is -2.35. The number of phenols is 1. The molecule has 0 fully saturated rings. The van der Waals surface area contributed by atoms with Crippen LogP contribution < -0.4 is 0 Å². The highest BCUT2D eigenvalue weighted by Gasteiger charge is 2.37. The molecule has 1 N–H and O–H groups in total. The average molecular weight is 654 g/mol. The highest BCUT2D eigenvalue weighted by atomic mass is 19.4. The first-order valence-corrected chi connectivity index (χ1v) is 15.2. The van der Waals surface area contributed by atoms with Crippen LogP contribution in [0.15, 0.2) is 78.9 Å². The fourth-order valence-electron chi connectivity index (χ4n) is 6.40. The lowest BCUT2D eigenvalue weighted by atomic mass is 9.70. The number of hydrogen-bond donors (Lipinski definition) is 1. The van der Waals surface area contributed by atoms with Crippen molar-refractivity contribution in [3.63, 3.8) is 0 Å². The molecule has 0 amide bonds. The first kappa shape index (κ1) is 34.0. The molecule has 248 valence electrons. The molecule has 0 aliphatic heterocycles. The summed E-state index contributed by atoms with van der Waals surface area (Å²) in [7, 11) is 0. The van der Waals surface area contributed by atoms with Crippen LogP contribution in [0.25, 0.3) is 27.8 Å². The van der Waals surface area contributed by atoms with Crippen LogP contribution in [0, 0.1) is 5.41 Å². The highest BCUT2D eigenvalue weighted by Crippen LogP contribution is 2.45. The van der Waals surface area contributed by atoms with Gasteiger partial charge in [-0.2, -0.15) is 26.3 Å². The summed E-state index contributed by atoms with van der Waals surface area (Å²) in [6, 6.07) is 19.4. The molecule has 0 aliphatic carbocycles. The standard InChI is InChI=1S/C37H37F6N3O/c1-33(2,3)21-34(4,5)25-19-28(35(6,7)24-11-9-8-10-12-24)32(47)31(20-25)46-44-29-14-13-22(17-30(29)45-46)23-15-26(36(38,39)40)18-27(16-23)37(41,42)43/h8-20,47H,21H2,1-7H3. The van der Waals surface area contributed by atoms with Crippen molar-refractivity contribution in [2.45, 2.75) is 78.1 Å². The zero-order valence-corrected chi connectivity index (χ0v) is 27.3. The van der Waals surface area contributed by atoms with Crippen LogP contribution in [-0.2, 0) is 23.2 Å². The van der Waals surface area contributed by atoms with Crippen molar-refractivity contribution in [2.75, 3.05) is 0 Å². The van der Waals surface area contributed by atoms with E-state index in [1.165, 1.54) is 23.0 Å². The molecule has 0 saturated heterocycles. The number of nitrogens with zero attached hydrogens (tertiary/aromatic N) is 3. The van der Waals surface area contributed by atoms with E-state index in [0.717, 1.165) is 17.5 Å². The second kappa shape index (κ2) is 11.4. The van der Waals surface area contributed by atoms with Gasteiger partial charge in [0.25, 0.3) is 0 Å². The summed E-state index contributed by atoms with van der Waals surface area (Å²) in [6.45, 7) is 14.8. The third kappa shape index (κ3) is 7.01. The van der Waals surface area contributed by atoms with Crippen LogP contribution in [0.5, 0.6) is 5.75 Å². The Bertz CT molecular complexity index is 1900. The van der Waals surface area contributed by atoms with Gasteiger partial charge in [0.05, 0.1) is 11.1 Å². The summed E-state index contributed by atoms with van der Waals surface area (Å²) in [5, 5.41) is 21.0. The molecule has 1 heterocycles. The smallest absolute Gasteiger partial charge is 0.416 e. The minimum absolute atomic E-state index is 0.0128. The summed E-state index contributed by atoms with van der Waals surface area (Å²) >= 11 is 0. The van der Waals surface area contributed by atoms with Gasteiger partial charge in [-0.1, -0.05) is 90.9 Å². The van der Waals surface area contributed by atoms with Crippen LogP contribution in [0.1, 0.15) is 82.7 Å². The summed E-state index contributed by atoms with van der Waals surface area (Å²) in [6.07, 6.45) is -9.13. The third-order valence-electron chi connectivity index (χ3n) is 8.53. The predicted octanol–water partition coefficient (Wildman–Crippen LogP) is 10.9. The van der Waals surface area contributed by atoms with Gasteiger partial charge in [-0.3, -0.25) is 0 Å². The number of phenolic OH excluding ortho intramolecular Hbond substituents is 1. The van der Waals surface area contributed by atoms with Crippen LogP contribution >= 0.6 is 0 Å². The quantitative estimate of drug-likeness (QED) is 0.186. The van der Waals surface area contributed by atoms with Gasteiger partial charge in [0.15, 0.2) is 0 Å². The molecule has 0 unspecified atom stereocenters. The van der Waals surface area contributed by atoms with Crippen LogP contribution in [0.3, 0.4) is 0 Å². The molecule has 5 aromatic rings. The first-order valence-electron chi connectivity index (χ1n) is 15.2. The lowest BCUT2D eigenvalue weighted by molar-refractivity contribution is -0.143. The summed E-state index contributed by atoms with van der Waals surface area (Å²) in [5.74, 6) is -0.0395. The van der Waals surface area contributed by atoms with Gasteiger partial charge in [0.1, 0.15) is 22.5 Å². The van der Waals surface area contributed by atoms with E-state index >= 15 is 0 Å². The van der Waals surface area contributed by atoms with Crippen molar-refractivity contribution in [1.29, 1.82) is 0 Å². The Kier molecular flexibility index (Phi) is 8.26. The normalized spacial score (nSPS) is 13.4. The molecular weight excluding hydrogens is 616 g/mol. The second-order valence-electron chi connectivity index (χ2n) is 14.5. The topological polar surface area (TPSA) is 50.9 Å². The van der Waals surface area contributed by atoms with Crippen LogP contribution in [0.4, 0.5) is 26.3 Å². The predicted molar refractivity (Wildman–Crippen MR) is 172 cm³/mol. The largest absolute Gasteiger partial charge is 0.505 e. The Morgan fingerprint density at radius 1 is 0.596 bits per heavy atom. The number of halogens is 6. The van der Waals surface area contributed by atoms with Gasteiger partial charge >= 0.3 is 12.4 Å². The van der Waals surface area contributed by atoms with Gasteiger partial charge in [-0.05, 0) is 75.9 Å². The Morgan fingerprint density at radius 3 is 1.72 bits per heavy atom. The van der Waals surface area contributed by atoms with E-state index in [1.807, 2.05) is 56.3 Å². The Morgan fingerprint density at radius 2 is 1.17 bits per heavy atom. The van der Waals surface area contributed by atoms with Crippen LogP contribution in [0.2, 0.25) is 0 Å². The molecule has 10 heteroatoms. The van der Waals surface area contributed by atoms with E-state index in [1.54, 1.807) is 0 Å². The molecule has 4 aromatic carbocycles. The molecule has 47 heavy (non-hydrogen) atoms. The van der Waals surface area contributed by atoms with Gasteiger partial charge in [0, 0.05) is 11.0 Å². The fraction of sp³-hybridized carbons (Fsp3) is 0.351. The molecule has 5 rings (SSSR count). The van der Waals surface area contributed by atoms with E-state index in [2.05, 4.69) is 44.8 Å². The van der Waals surface area contributed by atoms with E-state index in [4.69, 9.17) is 0 Å². The summed E-state index contributed by atoms with van der Waals surface area (Å²) in [4.78, 5) is 1.28. The zero-order valence-electron chi connectivity index (χ0n) is 27.3. The second-order valence-corrected chi connectivity index (χ2v) is 14.5. The fourth-order valence-corrected chi connectivity index (χ4v) is 6.40. The number of rotatable bonds is 6. The first-order chi connectivity index (χ1) is 21.6. The zero-order chi connectivity index (χ0) is 34.7. The van der Waals surface area contributed by atoms with Crippen molar-refractivity contribution in [1.82, 2.24) is 15.0 Å². The van der Waals surface area contributed by atoms with Crippen molar-refractivity contribution in [3.8, 4) is 22.6 Å². The minimum atomic E-state index is -4.97. The van der Waals surface area contributed by atoms with Crippen molar-refractivity contribution >= 4 is 11.0 Å². The number of aromatic hydroxyl groups is 1. The van der Waals surface area contributed by atoms with Gasteiger partial charge < -0.3 is 5.11 Å². The maximum Gasteiger partial charge on any atom is 0.416 e.